The van der Waals surface area contributed by atoms with Crippen LogP contribution >= 0.6 is 0 Å². The van der Waals surface area contributed by atoms with Crippen LogP contribution in [0.4, 0.5) is 0 Å². The van der Waals surface area contributed by atoms with Gasteiger partial charge in [-0.15, -0.1) is 0 Å². The second kappa shape index (κ2) is 4.71. The van der Waals surface area contributed by atoms with Crippen LogP contribution in [0, 0.1) is 5.41 Å². The van der Waals surface area contributed by atoms with E-state index in [0.717, 1.165) is 0 Å². The van der Waals surface area contributed by atoms with Gasteiger partial charge in [0.2, 0.25) is 5.91 Å². The highest BCUT2D eigenvalue weighted by molar-refractivity contribution is 7.91. The molecule has 1 saturated heterocycles. The number of nitrogens with one attached hydrogen (secondary N) is 1. The van der Waals surface area contributed by atoms with E-state index >= 15 is 0 Å². The Morgan fingerprint density at radius 2 is 2.12 bits per heavy atom. The Hall–Kier alpha value is -0.620. The van der Waals surface area contributed by atoms with Crippen molar-refractivity contribution in [3.05, 3.63) is 0 Å². The first-order chi connectivity index (χ1) is 7.24. The molecule has 0 bridgehead atoms. The van der Waals surface area contributed by atoms with Gasteiger partial charge in [0.25, 0.3) is 0 Å². The molecule has 0 radical (unpaired) electrons. The number of hydrogen-bond acceptors (Lipinski definition) is 4. The number of nitrogens with two attached hydrogens (primary N) is 1. The molecule has 0 aromatic carbocycles. The fourth-order valence-corrected chi connectivity index (χ4v) is 3.37. The number of hydrogen-bond donors (Lipinski definition) is 2. The molecular weight excluding hydrogens is 228 g/mol. The molecule has 6 heteroatoms. The maximum atomic E-state index is 11.6. The Morgan fingerprint density at radius 1 is 1.50 bits per heavy atom. The van der Waals surface area contributed by atoms with Gasteiger partial charge in [0.05, 0.1) is 11.5 Å². The summed E-state index contributed by atoms with van der Waals surface area (Å²) in [6.45, 7) is 4.26. The van der Waals surface area contributed by atoms with Crippen LogP contribution in [-0.2, 0) is 14.6 Å². The first kappa shape index (κ1) is 13.4. The Balaban J connectivity index is 2.42. The second-order valence-electron chi connectivity index (χ2n) is 5.21. The summed E-state index contributed by atoms with van der Waals surface area (Å²) in [6.07, 6.45) is 0.858. The molecule has 94 valence electrons. The largest absolute Gasteiger partial charge is 0.352 e. The van der Waals surface area contributed by atoms with Crippen molar-refractivity contribution in [1.29, 1.82) is 0 Å². The molecule has 0 aromatic heterocycles. The smallest absolute Gasteiger partial charge is 0.220 e. The molecule has 5 nitrogen and oxygen atoms in total. The lowest BCUT2D eigenvalue weighted by atomic mass is 9.89. The highest BCUT2D eigenvalue weighted by Gasteiger charge is 2.30. The van der Waals surface area contributed by atoms with E-state index in [2.05, 4.69) is 5.32 Å². The summed E-state index contributed by atoms with van der Waals surface area (Å²) in [7, 11) is -2.93. The molecule has 0 aliphatic carbocycles. The van der Waals surface area contributed by atoms with Gasteiger partial charge in [-0.25, -0.2) is 8.42 Å². The van der Waals surface area contributed by atoms with Gasteiger partial charge in [-0.2, -0.15) is 0 Å². The van der Waals surface area contributed by atoms with Gasteiger partial charge in [-0.1, -0.05) is 13.8 Å². The summed E-state index contributed by atoms with van der Waals surface area (Å²) in [5.41, 5.74) is 5.30. The van der Waals surface area contributed by atoms with Crippen LogP contribution in [0.25, 0.3) is 0 Å². The molecule has 1 fully saturated rings. The molecular formula is C10H20N2O3S. The number of amides is 1. The van der Waals surface area contributed by atoms with E-state index in [4.69, 9.17) is 5.73 Å². The predicted octanol–water partition coefficient (Wildman–Crippen LogP) is -0.335. The Morgan fingerprint density at radius 3 is 2.56 bits per heavy atom. The molecule has 1 aliphatic rings. The van der Waals surface area contributed by atoms with Gasteiger partial charge in [0.1, 0.15) is 0 Å². The fourth-order valence-electron chi connectivity index (χ4n) is 1.69. The van der Waals surface area contributed by atoms with E-state index in [1.807, 2.05) is 13.8 Å². The van der Waals surface area contributed by atoms with Crippen LogP contribution in [-0.4, -0.2) is 38.4 Å². The van der Waals surface area contributed by atoms with E-state index < -0.39 is 9.84 Å². The minimum absolute atomic E-state index is 0.0712. The molecule has 1 rings (SSSR count). The number of sulfone groups is 1. The monoisotopic (exact) mass is 248 g/mol. The highest BCUT2D eigenvalue weighted by atomic mass is 32.2. The maximum Gasteiger partial charge on any atom is 0.220 e. The highest BCUT2D eigenvalue weighted by Crippen LogP contribution is 2.18. The van der Waals surface area contributed by atoms with Gasteiger partial charge < -0.3 is 11.1 Å². The lowest BCUT2D eigenvalue weighted by Gasteiger charge is -2.22. The van der Waals surface area contributed by atoms with Crippen LogP contribution in [0.3, 0.4) is 0 Å². The minimum atomic E-state index is -2.93. The third kappa shape index (κ3) is 4.09. The summed E-state index contributed by atoms with van der Waals surface area (Å²) in [6, 6.07) is -0.217. The van der Waals surface area contributed by atoms with Crippen molar-refractivity contribution >= 4 is 15.7 Å². The summed E-state index contributed by atoms with van der Waals surface area (Å²) >= 11 is 0. The van der Waals surface area contributed by atoms with E-state index in [-0.39, 0.29) is 28.9 Å². The molecule has 3 N–H and O–H groups in total. The SMILES string of the molecule is CC(C)(CN)CC(=O)NC1CCS(=O)(=O)C1. The van der Waals surface area contributed by atoms with Crippen LogP contribution in [0.15, 0.2) is 0 Å². The summed E-state index contributed by atoms with van der Waals surface area (Å²) in [5.74, 6) is 0.137. The molecule has 1 amide bonds. The van der Waals surface area contributed by atoms with Gasteiger partial charge in [-0.05, 0) is 18.4 Å². The normalized spacial score (nSPS) is 24.3. The zero-order chi connectivity index (χ0) is 12.4. The van der Waals surface area contributed by atoms with Gasteiger partial charge in [0.15, 0.2) is 9.84 Å². The molecule has 0 aromatic rings. The maximum absolute atomic E-state index is 11.6. The number of rotatable bonds is 4. The Labute approximate surface area is 96.7 Å². The average molecular weight is 248 g/mol. The first-order valence-corrected chi connectivity index (χ1v) is 7.26. The van der Waals surface area contributed by atoms with Crippen molar-refractivity contribution in [2.24, 2.45) is 11.1 Å². The quantitative estimate of drug-likeness (QED) is 0.712. The van der Waals surface area contributed by atoms with Crippen LogP contribution in [0.5, 0.6) is 0 Å². The van der Waals surface area contributed by atoms with E-state index in [1.165, 1.54) is 0 Å². The van der Waals surface area contributed by atoms with Gasteiger partial charge >= 0.3 is 0 Å². The molecule has 16 heavy (non-hydrogen) atoms. The number of carbonyl (C=O) groups is 1. The molecule has 1 heterocycles. The van der Waals surface area contributed by atoms with Crippen molar-refractivity contribution in [3.63, 3.8) is 0 Å². The van der Waals surface area contributed by atoms with E-state index in [9.17, 15) is 13.2 Å². The summed E-state index contributed by atoms with van der Waals surface area (Å²) in [5, 5.41) is 2.75. The topological polar surface area (TPSA) is 89.3 Å². The molecule has 1 unspecified atom stereocenters. The summed E-state index contributed by atoms with van der Waals surface area (Å²) in [4.78, 5) is 11.6. The molecule has 1 atom stereocenters. The summed E-state index contributed by atoms with van der Waals surface area (Å²) < 4.78 is 22.4. The average Bonchev–Trinajstić information content (AvgIpc) is 2.44. The van der Waals surface area contributed by atoms with Crippen LogP contribution in [0.2, 0.25) is 0 Å². The Bertz CT molecular complexity index is 362. The van der Waals surface area contributed by atoms with Crippen LogP contribution < -0.4 is 11.1 Å². The van der Waals surface area contributed by atoms with E-state index in [0.29, 0.717) is 19.4 Å². The van der Waals surface area contributed by atoms with Crippen molar-refractivity contribution in [2.75, 3.05) is 18.1 Å². The van der Waals surface area contributed by atoms with Crippen molar-refractivity contribution in [2.45, 2.75) is 32.7 Å². The third-order valence-corrected chi connectivity index (χ3v) is 4.56. The lowest BCUT2D eigenvalue weighted by Crippen LogP contribution is -2.39. The molecule has 0 saturated carbocycles. The molecule has 0 spiro atoms. The number of carbonyl (C=O) groups excluding carboxylic acids is 1. The van der Waals surface area contributed by atoms with Crippen molar-refractivity contribution < 1.29 is 13.2 Å². The molecule has 1 aliphatic heterocycles. The predicted molar refractivity (Wildman–Crippen MR) is 62.7 cm³/mol. The van der Waals surface area contributed by atoms with Gasteiger partial charge in [-0.3, -0.25) is 4.79 Å². The third-order valence-electron chi connectivity index (χ3n) is 2.79. The second-order valence-corrected chi connectivity index (χ2v) is 7.44. The van der Waals surface area contributed by atoms with Crippen molar-refractivity contribution in [1.82, 2.24) is 5.32 Å². The minimum Gasteiger partial charge on any atom is -0.352 e. The Kier molecular flexibility index (Phi) is 3.96. The zero-order valence-corrected chi connectivity index (χ0v) is 10.6. The van der Waals surface area contributed by atoms with Crippen LogP contribution in [0.1, 0.15) is 26.7 Å². The van der Waals surface area contributed by atoms with Crippen molar-refractivity contribution in [3.8, 4) is 0 Å². The van der Waals surface area contributed by atoms with E-state index in [1.54, 1.807) is 0 Å². The first-order valence-electron chi connectivity index (χ1n) is 5.44. The fraction of sp³-hybridized carbons (Fsp3) is 0.900. The zero-order valence-electron chi connectivity index (χ0n) is 9.82. The lowest BCUT2D eigenvalue weighted by molar-refractivity contribution is -0.123. The van der Waals surface area contributed by atoms with Gasteiger partial charge in [0, 0.05) is 12.5 Å². The standard InChI is InChI=1S/C10H20N2O3S/c1-10(2,7-11)5-9(13)12-8-3-4-16(14,15)6-8/h8H,3-7,11H2,1-2H3,(H,12,13).